The van der Waals surface area contributed by atoms with Crippen LogP contribution in [0, 0.1) is 0 Å². The van der Waals surface area contributed by atoms with E-state index in [4.69, 9.17) is 4.74 Å². The maximum absolute atomic E-state index is 13.3. The summed E-state index contributed by atoms with van der Waals surface area (Å²) < 4.78 is 7.68. The van der Waals surface area contributed by atoms with Crippen LogP contribution in [0.2, 0.25) is 0 Å². The summed E-state index contributed by atoms with van der Waals surface area (Å²) in [6, 6.07) is 12.0. The highest BCUT2D eigenvalue weighted by Crippen LogP contribution is 2.33. The molecule has 0 bridgehead atoms. The van der Waals surface area contributed by atoms with Gasteiger partial charge in [-0.25, -0.2) is 9.78 Å². The van der Waals surface area contributed by atoms with Gasteiger partial charge in [0.1, 0.15) is 11.0 Å². The highest BCUT2D eigenvalue weighted by Gasteiger charge is 2.27. The van der Waals surface area contributed by atoms with E-state index in [-0.39, 0.29) is 35.7 Å². The van der Waals surface area contributed by atoms with Crippen molar-refractivity contribution in [3.05, 3.63) is 70.3 Å². The van der Waals surface area contributed by atoms with E-state index in [1.807, 2.05) is 0 Å². The van der Waals surface area contributed by atoms with E-state index >= 15 is 0 Å². The van der Waals surface area contributed by atoms with Crippen molar-refractivity contribution in [3.8, 4) is 5.75 Å². The molecule has 0 aliphatic rings. The number of Topliss-reactive ketones (excluding diaryl/α,β-unsaturated/α-hetero) is 1. The molecule has 152 valence electrons. The fourth-order valence-corrected chi connectivity index (χ4v) is 3.65. The number of hydrogen-bond acceptors (Lipinski definition) is 6. The second-order valence-corrected chi connectivity index (χ2v) is 6.76. The summed E-state index contributed by atoms with van der Waals surface area (Å²) in [5.41, 5.74) is 0.366. The van der Waals surface area contributed by atoms with Crippen molar-refractivity contribution in [2.45, 2.75) is 13.5 Å². The Kier molecular flexibility index (Phi) is 4.83. The van der Waals surface area contributed by atoms with Crippen molar-refractivity contribution in [1.82, 2.24) is 14.1 Å². The van der Waals surface area contributed by atoms with E-state index in [2.05, 4.69) is 4.98 Å². The number of carbonyl (C=O) groups excluding carboxylic acids is 2. The zero-order valence-corrected chi connectivity index (χ0v) is 16.5. The van der Waals surface area contributed by atoms with Crippen LogP contribution in [0.15, 0.2) is 53.5 Å². The molecule has 0 spiro atoms. The number of carbonyl (C=O) groups is 2. The zero-order valence-electron chi connectivity index (χ0n) is 16.5. The van der Waals surface area contributed by atoms with Gasteiger partial charge in [-0.2, -0.15) is 0 Å². The van der Waals surface area contributed by atoms with Gasteiger partial charge in [0.05, 0.1) is 18.7 Å². The van der Waals surface area contributed by atoms with Crippen molar-refractivity contribution in [3.63, 3.8) is 0 Å². The van der Waals surface area contributed by atoms with Crippen LogP contribution in [-0.2, 0) is 18.3 Å². The predicted molar refractivity (Wildman–Crippen MR) is 111 cm³/mol. The average Bonchev–Trinajstić information content (AvgIpc) is 3.02. The molecule has 4 rings (SSSR count). The van der Waals surface area contributed by atoms with Gasteiger partial charge in [-0.1, -0.05) is 30.3 Å². The summed E-state index contributed by atoms with van der Waals surface area (Å²) in [4.78, 5) is 42.8. The second-order valence-electron chi connectivity index (χ2n) is 6.76. The summed E-state index contributed by atoms with van der Waals surface area (Å²) in [6.45, 7) is 1.52. The molecule has 3 heterocycles. The van der Waals surface area contributed by atoms with E-state index in [1.165, 1.54) is 15.3 Å². The fraction of sp³-hybridized carbons (Fsp3) is 0.182. The molecule has 8 heteroatoms. The molecule has 0 amide bonds. The normalized spacial score (nSPS) is 11.1. The van der Waals surface area contributed by atoms with Crippen molar-refractivity contribution >= 4 is 33.7 Å². The van der Waals surface area contributed by atoms with E-state index in [1.54, 1.807) is 56.4 Å². The number of aryl methyl sites for hydroxylation is 1. The van der Waals surface area contributed by atoms with E-state index in [0.29, 0.717) is 16.5 Å². The number of benzene rings is 1. The number of ether oxygens (including phenoxy) is 1. The Morgan fingerprint density at radius 2 is 1.87 bits per heavy atom. The molecule has 30 heavy (non-hydrogen) atoms. The molecule has 0 atom stereocenters. The van der Waals surface area contributed by atoms with Crippen LogP contribution in [0.4, 0.5) is 0 Å². The van der Waals surface area contributed by atoms with E-state index in [9.17, 15) is 19.5 Å². The Bertz CT molecular complexity index is 1350. The number of rotatable bonds is 5. The lowest BCUT2D eigenvalue weighted by molar-refractivity contribution is 0.0512. The van der Waals surface area contributed by atoms with Crippen LogP contribution in [0.3, 0.4) is 0 Å². The number of ketones is 1. The molecule has 0 unspecified atom stereocenters. The van der Waals surface area contributed by atoms with Gasteiger partial charge in [-0.3, -0.25) is 14.2 Å². The van der Waals surface area contributed by atoms with E-state index < -0.39 is 17.3 Å². The first kappa shape index (κ1) is 19.4. The lowest BCUT2D eigenvalue weighted by atomic mass is 10.1. The summed E-state index contributed by atoms with van der Waals surface area (Å²) in [6.07, 6.45) is 1.52. The molecule has 4 aromatic rings. The maximum atomic E-state index is 13.3. The summed E-state index contributed by atoms with van der Waals surface area (Å²) in [7, 11) is 1.57. The molecule has 0 fully saturated rings. The maximum Gasteiger partial charge on any atom is 0.358 e. The van der Waals surface area contributed by atoms with E-state index in [0.717, 1.165) is 0 Å². The van der Waals surface area contributed by atoms with Crippen molar-refractivity contribution in [2.75, 3.05) is 6.61 Å². The molecule has 1 aromatic carbocycles. The van der Waals surface area contributed by atoms with Gasteiger partial charge < -0.3 is 14.4 Å². The quantitative estimate of drug-likeness (QED) is 0.404. The van der Waals surface area contributed by atoms with Gasteiger partial charge in [0, 0.05) is 24.2 Å². The van der Waals surface area contributed by atoms with Gasteiger partial charge in [-0.05, 0) is 19.1 Å². The Morgan fingerprint density at radius 3 is 2.57 bits per heavy atom. The van der Waals surface area contributed by atoms with Gasteiger partial charge in [0.25, 0.3) is 5.56 Å². The number of aromatic hydroxyl groups is 1. The highest BCUT2D eigenvalue weighted by atomic mass is 16.5. The Hall–Kier alpha value is -3.94. The van der Waals surface area contributed by atoms with Gasteiger partial charge in [0.15, 0.2) is 17.2 Å². The van der Waals surface area contributed by atoms with Gasteiger partial charge >= 0.3 is 5.97 Å². The Balaban J connectivity index is 2.01. The molecule has 1 N–H and O–H groups in total. The van der Waals surface area contributed by atoms with Gasteiger partial charge in [0.2, 0.25) is 0 Å². The number of hydrogen-bond donors (Lipinski definition) is 1. The van der Waals surface area contributed by atoms with Crippen molar-refractivity contribution in [1.29, 1.82) is 0 Å². The van der Waals surface area contributed by atoms with Crippen molar-refractivity contribution < 1.29 is 19.4 Å². The average molecular weight is 405 g/mol. The number of pyridine rings is 2. The van der Waals surface area contributed by atoms with Crippen LogP contribution in [0.1, 0.15) is 27.8 Å². The lowest BCUT2D eigenvalue weighted by Gasteiger charge is -2.11. The number of fused-ring (bicyclic) bond motifs is 3. The van der Waals surface area contributed by atoms with Crippen molar-refractivity contribution in [2.24, 2.45) is 7.05 Å². The third-order valence-electron chi connectivity index (χ3n) is 4.99. The molecule has 8 nitrogen and oxygen atoms in total. The minimum atomic E-state index is -0.739. The molecule has 0 saturated carbocycles. The topological polar surface area (TPSA) is 103 Å². The first-order valence-electron chi connectivity index (χ1n) is 9.40. The summed E-state index contributed by atoms with van der Waals surface area (Å²) >= 11 is 0. The Morgan fingerprint density at radius 1 is 1.13 bits per heavy atom. The van der Waals surface area contributed by atoms with Crippen LogP contribution < -0.4 is 5.56 Å². The number of nitrogens with zero attached hydrogens (tertiary/aromatic N) is 3. The van der Waals surface area contributed by atoms with Crippen LogP contribution >= 0.6 is 0 Å². The van der Waals surface area contributed by atoms with Crippen LogP contribution in [-0.4, -0.2) is 37.6 Å². The lowest BCUT2D eigenvalue weighted by Crippen LogP contribution is -2.25. The highest BCUT2D eigenvalue weighted by molar-refractivity contribution is 6.10. The minimum Gasteiger partial charge on any atom is -0.505 e. The standard InChI is InChI=1S/C22H19N3O5/c1-3-30-22(29)18-19(27)16-17(24(18)2)14-10-7-11-23-20(14)25(21(16)28)12-15(26)13-8-5-4-6-9-13/h4-11,27H,3,12H2,1-2H3. The van der Waals surface area contributed by atoms with Gasteiger partial charge in [-0.15, -0.1) is 0 Å². The number of aromatic nitrogens is 3. The molecule has 3 aromatic heterocycles. The molecule has 0 aliphatic carbocycles. The van der Waals surface area contributed by atoms with Crippen LogP contribution in [0.5, 0.6) is 5.75 Å². The molecule has 0 aliphatic heterocycles. The van der Waals surface area contributed by atoms with Crippen LogP contribution in [0.25, 0.3) is 21.9 Å². The first-order chi connectivity index (χ1) is 14.5. The SMILES string of the molecule is CCOC(=O)c1c(O)c2c(=O)n(CC(=O)c3ccccc3)c3ncccc3c2n1C. The molecule has 0 radical (unpaired) electrons. The zero-order chi connectivity index (χ0) is 21.4. The first-order valence-corrected chi connectivity index (χ1v) is 9.40. The molecular formula is C22H19N3O5. The molecule has 0 saturated heterocycles. The fourth-order valence-electron chi connectivity index (χ4n) is 3.65. The monoisotopic (exact) mass is 405 g/mol. The third-order valence-corrected chi connectivity index (χ3v) is 4.99. The second kappa shape index (κ2) is 7.47. The third kappa shape index (κ3) is 2.93. The largest absolute Gasteiger partial charge is 0.505 e. The predicted octanol–water partition coefficient (Wildman–Crippen LogP) is 2.65. The smallest absolute Gasteiger partial charge is 0.358 e. The summed E-state index contributed by atoms with van der Waals surface area (Å²) in [5, 5.41) is 11.2. The number of esters is 1. The Labute approximate surface area is 171 Å². The minimum absolute atomic E-state index is 0.0538. The molecular weight excluding hydrogens is 386 g/mol. The summed E-state index contributed by atoms with van der Waals surface area (Å²) in [5.74, 6) is -1.48.